The van der Waals surface area contributed by atoms with Gasteiger partial charge in [0.15, 0.2) is 5.76 Å². The van der Waals surface area contributed by atoms with Crippen molar-refractivity contribution in [3.63, 3.8) is 0 Å². The van der Waals surface area contributed by atoms with Crippen LogP contribution in [0, 0.1) is 25.7 Å². The first-order valence-electron chi connectivity index (χ1n) is 10.5. The van der Waals surface area contributed by atoms with Crippen molar-refractivity contribution in [2.45, 2.75) is 45.7 Å². The molecule has 2 N–H and O–H groups in total. The molecular formula is C23H27N3O3. The lowest BCUT2D eigenvalue weighted by Gasteiger charge is -2.42. The van der Waals surface area contributed by atoms with Gasteiger partial charge in [-0.2, -0.15) is 0 Å². The molecule has 2 fully saturated rings. The van der Waals surface area contributed by atoms with E-state index in [4.69, 9.17) is 4.42 Å². The number of benzene rings is 1. The molecule has 0 bridgehead atoms. The van der Waals surface area contributed by atoms with E-state index in [1.807, 2.05) is 36.9 Å². The maximum Gasteiger partial charge on any atom is 0.289 e. The van der Waals surface area contributed by atoms with Crippen LogP contribution in [0.5, 0.6) is 0 Å². The molecule has 2 amide bonds. The number of likely N-dealkylation sites (tertiary alicyclic amines) is 1. The van der Waals surface area contributed by atoms with Gasteiger partial charge >= 0.3 is 0 Å². The summed E-state index contributed by atoms with van der Waals surface area (Å²) >= 11 is 0. The Morgan fingerprint density at radius 2 is 2.10 bits per heavy atom. The fourth-order valence-corrected chi connectivity index (χ4v) is 5.45. The molecule has 5 rings (SSSR count). The summed E-state index contributed by atoms with van der Waals surface area (Å²) in [4.78, 5) is 27.9. The lowest BCUT2D eigenvalue weighted by molar-refractivity contribution is 0.0736. The number of carbonyl (C=O) groups is 2. The van der Waals surface area contributed by atoms with Gasteiger partial charge in [-0.25, -0.2) is 0 Å². The molecule has 6 heteroatoms. The van der Waals surface area contributed by atoms with Crippen LogP contribution in [0.3, 0.4) is 0 Å². The Bertz CT molecular complexity index is 1010. The Balaban J connectivity index is 1.40. The molecular weight excluding hydrogens is 366 g/mol. The first-order chi connectivity index (χ1) is 13.9. The Hall–Kier alpha value is -2.76. The van der Waals surface area contributed by atoms with Crippen molar-refractivity contribution in [3.8, 4) is 0 Å². The van der Waals surface area contributed by atoms with Crippen LogP contribution < -0.4 is 10.6 Å². The minimum absolute atomic E-state index is 0.0256. The molecule has 3 aliphatic rings. The van der Waals surface area contributed by atoms with Crippen LogP contribution in [0.4, 0.5) is 5.69 Å². The SMILES string of the molecule is CCc1coc(C(=O)N2CC3CCC4(NC(=O)c5cc(C)ccc5N4)C3C2)c1C. The number of aryl methyl sites for hydroxylation is 2. The van der Waals surface area contributed by atoms with Gasteiger partial charge < -0.3 is 20.0 Å². The summed E-state index contributed by atoms with van der Waals surface area (Å²) in [5.74, 6) is 0.954. The lowest BCUT2D eigenvalue weighted by Crippen LogP contribution is -2.61. The molecule has 1 aliphatic carbocycles. The minimum atomic E-state index is -0.480. The van der Waals surface area contributed by atoms with Crippen molar-refractivity contribution >= 4 is 17.5 Å². The van der Waals surface area contributed by atoms with Crippen LogP contribution in [0.25, 0.3) is 0 Å². The van der Waals surface area contributed by atoms with Gasteiger partial charge in [0, 0.05) is 30.3 Å². The van der Waals surface area contributed by atoms with E-state index < -0.39 is 5.66 Å². The Labute approximate surface area is 170 Å². The van der Waals surface area contributed by atoms with E-state index in [1.165, 1.54) is 0 Å². The molecule has 1 spiro atoms. The standard InChI is InChI=1S/C23H27N3O3/c1-4-15-12-29-20(14(15)3)22(28)26-10-16-7-8-23(18(16)11-26)24-19-6-5-13(2)9-17(19)21(27)25-23/h5-6,9,12,16,18,24H,4,7-8,10-11H2,1-3H3,(H,25,27). The number of carbonyl (C=O) groups excluding carboxylic acids is 2. The molecule has 29 heavy (non-hydrogen) atoms. The molecule has 3 atom stereocenters. The van der Waals surface area contributed by atoms with E-state index in [1.54, 1.807) is 6.26 Å². The Kier molecular flexibility index (Phi) is 4.02. The van der Waals surface area contributed by atoms with Crippen molar-refractivity contribution in [2.24, 2.45) is 11.8 Å². The summed E-state index contributed by atoms with van der Waals surface area (Å²) in [6.45, 7) is 7.35. The first-order valence-corrected chi connectivity index (χ1v) is 10.5. The van der Waals surface area contributed by atoms with Gasteiger partial charge in [-0.1, -0.05) is 18.6 Å². The van der Waals surface area contributed by atoms with Crippen molar-refractivity contribution in [1.29, 1.82) is 0 Å². The van der Waals surface area contributed by atoms with E-state index in [0.717, 1.165) is 41.6 Å². The predicted octanol–water partition coefficient (Wildman–Crippen LogP) is 3.49. The average molecular weight is 393 g/mol. The average Bonchev–Trinajstić information content (AvgIpc) is 3.37. The Morgan fingerprint density at radius 3 is 2.86 bits per heavy atom. The number of nitrogens with one attached hydrogen (secondary N) is 2. The molecule has 6 nitrogen and oxygen atoms in total. The van der Waals surface area contributed by atoms with E-state index in [-0.39, 0.29) is 17.7 Å². The van der Waals surface area contributed by atoms with Crippen LogP contribution in [0.2, 0.25) is 0 Å². The molecule has 1 aromatic heterocycles. The van der Waals surface area contributed by atoms with Gasteiger partial charge in [-0.15, -0.1) is 0 Å². The second kappa shape index (κ2) is 6.37. The number of hydrogen-bond donors (Lipinski definition) is 2. The van der Waals surface area contributed by atoms with Crippen LogP contribution in [-0.4, -0.2) is 35.5 Å². The number of anilines is 1. The van der Waals surface area contributed by atoms with Crippen molar-refractivity contribution in [2.75, 3.05) is 18.4 Å². The highest BCUT2D eigenvalue weighted by atomic mass is 16.3. The molecule has 2 aliphatic heterocycles. The monoisotopic (exact) mass is 393 g/mol. The summed E-state index contributed by atoms with van der Waals surface area (Å²) < 4.78 is 5.62. The van der Waals surface area contributed by atoms with Crippen LogP contribution in [0.15, 0.2) is 28.9 Å². The second-order valence-electron chi connectivity index (χ2n) is 8.78. The molecule has 3 heterocycles. The van der Waals surface area contributed by atoms with Gasteiger partial charge in [0.05, 0.1) is 11.8 Å². The molecule has 3 unspecified atom stereocenters. The maximum absolute atomic E-state index is 13.1. The summed E-state index contributed by atoms with van der Waals surface area (Å²) in [7, 11) is 0. The summed E-state index contributed by atoms with van der Waals surface area (Å²) in [6, 6.07) is 5.95. The van der Waals surface area contributed by atoms with Crippen molar-refractivity contribution in [1.82, 2.24) is 10.2 Å². The number of amides is 2. The number of hydrogen-bond acceptors (Lipinski definition) is 4. The van der Waals surface area contributed by atoms with Crippen LogP contribution in [0.1, 0.15) is 57.4 Å². The van der Waals surface area contributed by atoms with Gasteiger partial charge in [0.25, 0.3) is 11.8 Å². The van der Waals surface area contributed by atoms with Crippen molar-refractivity contribution < 1.29 is 14.0 Å². The zero-order valence-corrected chi connectivity index (χ0v) is 17.2. The number of nitrogens with zero attached hydrogens (tertiary/aromatic N) is 1. The Morgan fingerprint density at radius 1 is 1.28 bits per heavy atom. The second-order valence-corrected chi connectivity index (χ2v) is 8.78. The van der Waals surface area contributed by atoms with Gasteiger partial charge in [-0.05, 0) is 56.7 Å². The summed E-state index contributed by atoms with van der Waals surface area (Å²) in [5.41, 5.74) is 4.20. The highest BCUT2D eigenvalue weighted by molar-refractivity contribution is 6.02. The fourth-order valence-electron chi connectivity index (χ4n) is 5.45. The molecule has 1 aromatic carbocycles. The van der Waals surface area contributed by atoms with Crippen LogP contribution in [-0.2, 0) is 6.42 Å². The largest absolute Gasteiger partial charge is 0.459 e. The smallest absolute Gasteiger partial charge is 0.289 e. The first kappa shape index (κ1) is 18.3. The number of rotatable bonds is 2. The van der Waals surface area contributed by atoms with E-state index in [9.17, 15) is 9.59 Å². The van der Waals surface area contributed by atoms with E-state index >= 15 is 0 Å². The highest BCUT2D eigenvalue weighted by Gasteiger charge is 2.56. The highest BCUT2D eigenvalue weighted by Crippen LogP contribution is 2.47. The van der Waals surface area contributed by atoms with Gasteiger partial charge in [-0.3, -0.25) is 9.59 Å². The van der Waals surface area contributed by atoms with E-state index in [2.05, 4.69) is 17.6 Å². The molecule has 152 valence electrons. The fraction of sp³-hybridized carbons (Fsp3) is 0.478. The third-order valence-electron chi connectivity index (χ3n) is 7.10. The normalized spacial score (nSPS) is 27.6. The molecule has 2 aromatic rings. The lowest BCUT2D eigenvalue weighted by atomic mass is 9.89. The van der Waals surface area contributed by atoms with Crippen molar-refractivity contribution in [3.05, 3.63) is 52.5 Å². The maximum atomic E-state index is 13.1. The number of fused-ring (bicyclic) bond motifs is 3. The predicted molar refractivity (Wildman–Crippen MR) is 110 cm³/mol. The van der Waals surface area contributed by atoms with Gasteiger partial charge in [0.1, 0.15) is 5.66 Å². The van der Waals surface area contributed by atoms with Crippen LogP contribution >= 0.6 is 0 Å². The number of furan rings is 1. The molecule has 1 saturated heterocycles. The third kappa shape index (κ3) is 2.69. The topological polar surface area (TPSA) is 74.6 Å². The molecule has 0 radical (unpaired) electrons. The summed E-state index contributed by atoms with van der Waals surface area (Å²) in [6.07, 6.45) is 4.41. The van der Waals surface area contributed by atoms with E-state index in [0.29, 0.717) is 30.3 Å². The minimum Gasteiger partial charge on any atom is -0.459 e. The summed E-state index contributed by atoms with van der Waals surface area (Å²) in [5, 5.41) is 6.89. The molecule has 1 saturated carbocycles. The third-order valence-corrected chi connectivity index (χ3v) is 7.10. The quantitative estimate of drug-likeness (QED) is 0.819. The van der Waals surface area contributed by atoms with Gasteiger partial charge in [0.2, 0.25) is 0 Å². The zero-order chi connectivity index (χ0) is 20.3. The zero-order valence-electron chi connectivity index (χ0n) is 17.2.